The van der Waals surface area contributed by atoms with Crippen LogP contribution in [0, 0.1) is 6.92 Å². The lowest BCUT2D eigenvalue weighted by atomic mass is 10.1. The predicted molar refractivity (Wildman–Crippen MR) is 58.9 cm³/mol. The quantitative estimate of drug-likeness (QED) is 0.852. The van der Waals surface area contributed by atoms with Gasteiger partial charge in [-0.25, -0.2) is 4.98 Å². The number of aromatic nitrogens is 1. The van der Waals surface area contributed by atoms with Crippen molar-refractivity contribution in [2.24, 2.45) is 0 Å². The first kappa shape index (κ1) is 10.4. The Morgan fingerprint density at radius 3 is 3.06 bits per heavy atom. The summed E-state index contributed by atoms with van der Waals surface area (Å²) >= 11 is 0. The minimum absolute atomic E-state index is 0.229. The lowest BCUT2D eigenvalue weighted by molar-refractivity contribution is 0.0923. The minimum Gasteiger partial charge on any atom is -0.438 e. The number of oxazole rings is 1. The summed E-state index contributed by atoms with van der Waals surface area (Å²) in [4.78, 5) is 15.2. The van der Waals surface area contributed by atoms with E-state index >= 15 is 0 Å². The van der Waals surface area contributed by atoms with Gasteiger partial charge in [0.15, 0.2) is 6.39 Å². The topological polar surface area (TPSA) is 55.1 Å². The highest BCUT2D eigenvalue weighted by molar-refractivity contribution is 5.90. The first-order valence-electron chi connectivity index (χ1n) is 4.98. The van der Waals surface area contributed by atoms with Crippen LogP contribution in [0.3, 0.4) is 0 Å². The first-order chi connectivity index (χ1) is 7.75. The van der Waals surface area contributed by atoms with Gasteiger partial charge in [-0.2, -0.15) is 0 Å². The third-order valence-electron chi connectivity index (χ3n) is 2.19. The number of amides is 1. The molecule has 1 amide bonds. The molecule has 0 saturated heterocycles. The number of hydrogen-bond acceptors (Lipinski definition) is 3. The zero-order valence-electron chi connectivity index (χ0n) is 8.93. The Morgan fingerprint density at radius 2 is 2.38 bits per heavy atom. The van der Waals surface area contributed by atoms with Gasteiger partial charge in [0.25, 0.3) is 5.91 Å². The fourth-order valence-corrected chi connectivity index (χ4v) is 1.42. The summed E-state index contributed by atoms with van der Waals surface area (Å²) in [6, 6.07) is 7.97. The molecular weight excluding hydrogens is 204 g/mol. The van der Waals surface area contributed by atoms with E-state index in [1.54, 1.807) is 0 Å². The van der Waals surface area contributed by atoms with Crippen LogP contribution in [0.15, 0.2) is 41.3 Å². The smallest absolute Gasteiger partial charge is 0.288 e. The molecule has 1 heterocycles. The third kappa shape index (κ3) is 2.48. The number of carbonyl (C=O) groups excluding carboxylic acids is 1. The second-order valence-corrected chi connectivity index (χ2v) is 3.54. The van der Waals surface area contributed by atoms with E-state index in [2.05, 4.69) is 10.3 Å². The second kappa shape index (κ2) is 4.61. The van der Waals surface area contributed by atoms with Crippen LogP contribution >= 0.6 is 0 Å². The highest BCUT2D eigenvalue weighted by Gasteiger charge is 2.07. The SMILES string of the molecule is Cc1cccc(CNC(=O)c2cnco2)c1. The second-order valence-electron chi connectivity index (χ2n) is 3.54. The Labute approximate surface area is 93.3 Å². The molecule has 82 valence electrons. The molecule has 0 radical (unpaired) electrons. The molecule has 1 aromatic carbocycles. The van der Waals surface area contributed by atoms with Crippen molar-refractivity contribution in [2.75, 3.05) is 0 Å². The summed E-state index contributed by atoms with van der Waals surface area (Å²) in [5.74, 6) is -0.0216. The molecule has 0 unspecified atom stereocenters. The summed E-state index contributed by atoms with van der Waals surface area (Å²) in [5.41, 5.74) is 2.24. The molecule has 0 spiro atoms. The zero-order chi connectivity index (χ0) is 11.4. The van der Waals surface area contributed by atoms with Crippen LogP contribution in [0.4, 0.5) is 0 Å². The molecular formula is C12H12N2O2. The number of nitrogens with zero attached hydrogens (tertiary/aromatic N) is 1. The van der Waals surface area contributed by atoms with Crippen molar-refractivity contribution in [1.29, 1.82) is 0 Å². The van der Waals surface area contributed by atoms with Crippen molar-refractivity contribution < 1.29 is 9.21 Å². The fraction of sp³-hybridized carbons (Fsp3) is 0.167. The number of hydrogen-bond donors (Lipinski definition) is 1. The van der Waals surface area contributed by atoms with Crippen molar-refractivity contribution in [3.63, 3.8) is 0 Å². The Hall–Kier alpha value is -2.10. The van der Waals surface area contributed by atoms with E-state index in [1.807, 2.05) is 31.2 Å². The van der Waals surface area contributed by atoms with Gasteiger partial charge in [-0.05, 0) is 12.5 Å². The highest BCUT2D eigenvalue weighted by atomic mass is 16.3. The number of carbonyl (C=O) groups is 1. The molecule has 0 aliphatic heterocycles. The van der Waals surface area contributed by atoms with E-state index in [9.17, 15) is 4.79 Å². The molecule has 0 atom stereocenters. The average molecular weight is 216 g/mol. The van der Waals surface area contributed by atoms with E-state index < -0.39 is 0 Å². The van der Waals surface area contributed by atoms with Crippen LogP contribution in [0.25, 0.3) is 0 Å². The third-order valence-corrected chi connectivity index (χ3v) is 2.19. The monoisotopic (exact) mass is 216 g/mol. The highest BCUT2D eigenvalue weighted by Crippen LogP contribution is 2.04. The van der Waals surface area contributed by atoms with E-state index in [-0.39, 0.29) is 11.7 Å². The van der Waals surface area contributed by atoms with E-state index in [4.69, 9.17) is 4.42 Å². The normalized spacial score (nSPS) is 10.1. The van der Waals surface area contributed by atoms with Gasteiger partial charge in [-0.15, -0.1) is 0 Å². The molecule has 2 rings (SSSR count). The zero-order valence-corrected chi connectivity index (χ0v) is 8.93. The lowest BCUT2D eigenvalue weighted by Crippen LogP contribution is -2.22. The lowest BCUT2D eigenvalue weighted by Gasteiger charge is -2.03. The van der Waals surface area contributed by atoms with Crippen LogP contribution in [0.5, 0.6) is 0 Å². The minimum atomic E-state index is -0.251. The van der Waals surface area contributed by atoms with Gasteiger partial charge in [0, 0.05) is 6.54 Å². The predicted octanol–water partition coefficient (Wildman–Crippen LogP) is 1.91. The van der Waals surface area contributed by atoms with E-state index in [0.717, 1.165) is 5.56 Å². The average Bonchev–Trinajstić information content (AvgIpc) is 2.79. The number of nitrogens with one attached hydrogen (secondary N) is 1. The van der Waals surface area contributed by atoms with Crippen molar-refractivity contribution in [1.82, 2.24) is 10.3 Å². The molecule has 0 fully saturated rings. The summed E-state index contributed by atoms with van der Waals surface area (Å²) in [6.45, 7) is 2.50. The summed E-state index contributed by atoms with van der Waals surface area (Å²) in [7, 11) is 0. The van der Waals surface area contributed by atoms with Crippen LogP contribution in [0.2, 0.25) is 0 Å². The Morgan fingerprint density at radius 1 is 1.50 bits per heavy atom. The maximum Gasteiger partial charge on any atom is 0.288 e. The molecule has 4 nitrogen and oxygen atoms in total. The summed E-state index contributed by atoms with van der Waals surface area (Å²) in [6.07, 6.45) is 2.63. The summed E-state index contributed by atoms with van der Waals surface area (Å²) in [5, 5.41) is 2.76. The molecule has 0 saturated carbocycles. The molecule has 0 aliphatic carbocycles. The molecule has 16 heavy (non-hydrogen) atoms. The van der Waals surface area contributed by atoms with Gasteiger partial charge >= 0.3 is 0 Å². The number of benzene rings is 1. The Balaban J connectivity index is 1.95. The summed E-state index contributed by atoms with van der Waals surface area (Å²) < 4.78 is 4.88. The van der Waals surface area contributed by atoms with Gasteiger partial charge in [0.1, 0.15) is 0 Å². The molecule has 0 aliphatic rings. The van der Waals surface area contributed by atoms with Crippen LogP contribution in [0.1, 0.15) is 21.7 Å². The van der Waals surface area contributed by atoms with Crippen LogP contribution in [-0.2, 0) is 6.54 Å². The molecule has 0 bridgehead atoms. The van der Waals surface area contributed by atoms with Gasteiger partial charge < -0.3 is 9.73 Å². The van der Waals surface area contributed by atoms with E-state index in [1.165, 1.54) is 18.2 Å². The Kier molecular flexibility index (Phi) is 3.00. The van der Waals surface area contributed by atoms with Gasteiger partial charge in [0.05, 0.1) is 6.20 Å². The standard InChI is InChI=1S/C12H12N2O2/c1-9-3-2-4-10(5-9)6-14-12(15)11-7-13-8-16-11/h2-5,7-8H,6H2,1H3,(H,14,15). The van der Waals surface area contributed by atoms with E-state index in [0.29, 0.717) is 6.54 Å². The van der Waals surface area contributed by atoms with Crippen molar-refractivity contribution in [3.8, 4) is 0 Å². The van der Waals surface area contributed by atoms with Crippen LogP contribution in [-0.4, -0.2) is 10.9 Å². The number of aryl methyl sites for hydroxylation is 1. The van der Waals surface area contributed by atoms with Crippen LogP contribution < -0.4 is 5.32 Å². The Bertz CT molecular complexity index is 478. The first-order valence-corrected chi connectivity index (χ1v) is 4.98. The fourth-order valence-electron chi connectivity index (χ4n) is 1.42. The maximum absolute atomic E-state index is 11.5. The largest absolute Gasteiger partial charge is 0.438 e. The molecule has 1 N–H and O–H groups in total. The van der Waals surface area contributed by atoms with Gasteiger partial charge in [-0.1, -0.05) is 29.8 Å². The molecule has 2 aromatic rings. The van der Waals surface area contributed by atoms with Crippen molar-refractivity contribution >= 4 is 5.91 Å². The maximum atomic E-state index is 11.5. The van der Waals surface area contributed by atoms with Crippen molar-refractivity contribution in [3.05, 3.63) is 53.7 Å². The molecule has 1 aromatic heterocycles. The van der Waals surface area contributed by atoms with Crippen molar-refractivity contribution in [2.45, 2.75) is 13.5 Å². The number of rotatable bonds is 3. The van der Waals surface area contributed by atoms with Gasteiger partial charge in [0.2, 0.25) is 5.76 Å². The van der Waals surface area contributed by atoms with Gasteiger partial charge in [-0.3, -0.25) is 4.79 Å². The molecule has 4 heteroatoms.